The van der Waals surface area contributed by atoms with Gasteiger partial charge in [0.1, 0.15) is 0 Å². The van der Waals surface area contributed by atoms with E-state index in [0.29, 0.717) is 0 Å². The average molecular weight is 716 g/mol. The number of thiophene rings is 1. The number of aromatic nitrogens is 1. The lowest BCUT2D eigenvalue weighted by Gasteiger charge is -2.29. The smallest absolute Gasteiger partial charge is 0.0819 e. The van der Waals surface area contributed by atoms with Crippen molar-refractivity contribution in [1.29, 1.82) is 0 Å². The van der Waals surface area contributed by atoms with Crippen molar-refractivity contribution < 1.29 is 0 Å². The van der Waals surface area contributed by atoms with Crippen LogP contribution in [0.5, 0.6) is 0 Å². The van der Waals surface area contributed by atoms with Crippen molar-refractivity contribution in [2.75, 3.05) is 0 Å². The van der Waals surface area contributed by atoms with Crippen molar-refractivity contribution in [3.63, 3.8) is 0 Å². The zero-order chi connectivity index (χ0) is 36.1. The Bertz CT molecular complexity index is 3080. The van der Waals surface area contributed by atoms with E-state index < -0.39 is 0 Å². The van der Waals surface area contributed by atoms with Crippen molar-refractivity contribution in [1.82, 2.24) is 4.57 Å². The molecular formula is C53H33NS. The van der Waals surface area contributed by atoms with Crippen molar-refractivity contribution in [3.8, 4) is 60.6 Å². The summed E-state index contributed by atoms with van der Waals surface area (Å²) in [5, 5.41) is 2.54. The van der Waals surface area contributed by atoms with Gasteiger partial charge in [0.2, 0.25) is 0 Å². The summed E-state index contributed by atoms with van der Waals surface area (Å²) >= 11 is 1.98. The van der Waals surface area contributed by atoms with Crippen LogP contribution in [-0.4, -0.2) is 4.57 Å². The van der Waals surface area contributed by atoms with Crippen molar-refractivity contribution in [3.05, 3.63) is 222 Å². The molecule has 0 N–H and O–H groups in total. The minimum atomic E-state index is -0.361. The van der Waals surface area contributed by atoms with Gasteiger partial charge in [0.05, 0.1) is 16.4 Å². The van der Waals surface area contributed by atoms with Gasteiger partial charge in [0.15, 0.2) is 0 Å². The van der Waals surface area contributed by atoms with E-state index in [4.69, 9.17) is 0 Å². The van der Waals surface area contributed by atoms with Crippen molar-refractivity contribution >= 4 is 33.1 Å². The molecule has 2 heterocycles. The van der Waals surface area contributed by atoms with E-state index >= 15 is 0 Å². The monoisotopic (exact) mass is 715 g/mol. The highest BCUT2D eigenvalue weighted by Gasteiger charge is 2.53. The Morgan fingerprint density at radius 3 is 1.60 bits per heavy atom. The number of para-hydroxylation sites is 2. The van der Waals surface area contributed by atoms with E-state index in [2.05, 4.69) is 205 Å². The van der Waals surface area contributed by atoms with Gasteiger partial charge in [-0.25, -0.2) is 0 Å². The third kappa shape index (κ3) is 4.18. The summed E-state index contributed by atoms with van der Waals surface area (Å²) in [5.74, 6) is 0. The SMILES string of the molecule is c1ccc(-c2c(-c3ccc(-c4ccc5c(c4)c4ccccc4n5-c4ccccc4)cc3)sc3c2-c2ccccc2C32c3ccccc3-c3ccccc32)cc1. The maximum absolute atomic E-state index is 2.38. The Morgan fingerprint density at radius 1 is 0.364 bits per heavy atom. The second-order valence-corrected chi connectivity index (χ2v) is 15.8. The second kappa shape index (κ2) is 11.6. The molecule has 0 bridgehead atoms. The lowest BCUT2D eigenvalue weighted by atomic mass is 9.74. The Balaban J connectivity index is 1.05. The Labute approximate surface area is 324 Å². The quantitative estimate of drug-likeness (QED) is 0.171. The van der Waals surface area contributed by atoms with Crippen LogP contribution in [0, 0.1) is 0 Å². The highest BCUT2D eigenvalue weighted by atomic mass is 32.1. The Morgan fingerprint density at radius 2 is 0.891 bits per heavy atom. The van der Waals surface area contributed by atoms with Gasteiger partial charge in [-0.15, -0.1) is 11.3 Å². The van der Waals surface area contributed by atoms with E-state index in [1.807, 2.05) is 11.3 Å². The maximum Gasteiger partial charge on any atom is 0.0819 e. The van der Waals surface area contributed by atoms with Gasteiger partial charge in [-0.3, -0.25) is 0 Å². The molecule has 55 heavy (non-hydrogen) atoms. The molecule has 2 aliphatic rings. The van der Waals surface area contributed by atoms with E-state index in [-0.39, 0.29) is 5.41 Å². The van der Waals surface area contributed by atoms with E-state index in [0.717, 1.165) is 0 Å². The molecule has 0 aliphatic heterocycles. The summed E-state index contributed by atoms with van der Waals surface area (Å²) in [7, 11) is 0. The molecule has 0 saturated heterocycles. The lowest BCUT2D eigenvalue weighted by Crippen LogP contribution is -2.24. The Kier molecular flexibility index (Phi) is 6.49. The van der Waals surface area contributed by atoms with Gasteiger partial charge >= 0.3 is 0 Å². The van der Waals surface area contributed by atoms with Gasteiger partial charge in [0.25, 0.3) is 0 Å². The summed E-state index contributed by atoms with van der Waals surface area (Å²) in [6, 6.07) is 74.0. The molecular weight excluding hydrogens is 683 g/mol. The zero-order valence-corrected chi connectivity index (χ0v) is 30.7. The molecule has 1 spiro atoms. The maximum atomic E-state index is 2.38. The molecule has 8 aromatic carbocycles. The number of hydrogen-bond donors (Lipinski definition) is 0. The van der Waals surface area contributed by atoms with Gasteiger partial charge in [-0.1, -0.05) is 170 Å². The molecule has 10 aromatic rings. The first kappa shape index (κ1) is 30.7. The predicted molar refractivity (Wildman–Crippen MR) is 231 cm³/mol. The Hall–Kier alpha value is -6.74. The molecule has 256 valence electrons. The molecule has 0 radical (unpaired) electrons. The normalized spacial score (nSPS) is 13.2. The third-order valence-electron chi connectivity index (χ3n) is 12.0. The van der Waals surface area contributed by atoms with Crippen LogP contribution in [0.15, 0.2) is 200 Å². The minimum Gasteiger partial charge on any atom is -0.309 e. The molecule has 0 unspecified atom stereocenters. The highest BCUT2D eigenvalue weighted by molar-refractivity contribution is 7.17. The van der Waals surface area contributed by atoms with Crippen LogP contribution in [-0.2, 0) is 5.41 Å². The zero-order valence-electron chi connectivity index (χ0n) is 29.9. The first-order valence-corrected chi connectivity index (χ1v) is 19.8. The van der Waals surface area contributed by atoms with Gasteiger partial charge < -0.3 is 4.57 Å². The summed E-state index contributed by atoms with van der Waals surface area (Å²) in [6.07, 6.45) is 0. The molecule has 0 saturated carbocycles. The van der Waals surface area contributed by atoms with E-state index in [9.17, 15) is 0 Å². The van der Waals surface area contributed by atoms with Crippen LogP contribution in [0.2, 0.25) is 0 Å². The molecule has 1 nitrogen and oxygen atoms in total. The van der Waals surface area contributed by atoms with Crippen LogP contribution >= 0.6 is 11.3 Å². The van der Waals surface area contributed by atoms with Crippen LogP contribution in [0.3, 0.4) is 0 Å². The molecule has 0 amide bonds. The highest BCUT2D eigenvalue weighted by Crippen LogP contribution is 2.67. The average Bonchev–Trinajstić information content (AvgIpc) is 3.98. The van der Waals surface area contributed by atoms with Crippen molar-refractivity contribution in [2.45, 2.75) is 5.41 Å². The van der Waals surface area contributed by atoms with Gasteiger partial charge in [0, 0.05) is 37.3 Å². The summed E-state index contributed by atoms with van der Waals surface area (Å²) in [4.78, 5) is 2.74. The minimum absolute atomic E-state index is 0.361. The largest absolute Gasteiger partial charge is 0.309 e. The summed E-state index contributed by atoms with van der Waals surface area (Å²) in [5.41, 5.74) is 19.1. The fraction of sp³-hybridized carbons (Fsp3) is 0.0189. The molecule has 0 fully saturated rings. The molecule has 12 rings (SSSR count). The predicted octanol–water partition coefficient (Wildman–Crippen LogP) is 14.2. The number of rotatable bonds is 4. The topological polar surface area (TPSA) is 4.93 Å². The first-order valence-electron chi connectivity index (χ1n) is 19.0. The van der Waals surface area contributed by atoms with E-state index in [1.165, 1.54) is 104 Å². The first-order chi connectivity index (χ1) is 27.3. The standard InChI is InChI=1S/C53H33NS/c1-3-15-35(16-4-1)49-50-42-22-9-13-25-46(42)53(44-23-11-7-19-39(44)40-20-8-12-24-45(40)53)52(50)55-51(49)36-29-27-34(28-30-36)37-31-32-48-43(33-37)41-21-10-14-26-47(41)54(48)38-17-5-2-6-18-38/h1-33H. The van der Waals surface area contributed by atoms with Gasteiger partial charge in [-0.05, 0) is 86.0 Å². The number of fused-ring (bicyclic) bond motifs is 13. The summed E-state index contributed by atoms with van der Waals surface area (Å²) in [6.45, 7) is 0. The third-order valence-corrected chi connectivity index (χ3v) is 13.4. The molecule has 0 atom stereocenters. The van der Waals surface area contributed by atoms with Crippen LogP contribution in [0.4, 0.5) is 0 Å². The van der Waals surface area contributed by atoms with Crippen molar-refractivity contribution in [2.24, 2.45) is 0 Å². The molecule has 2 heteroatoms. The molecule has 2 aromatic heterocycles. The van der Waals surface area contributed by atoms with Crippen LogP contribution in [0.25, 0.3) is 82.4 Å². The second-order valence-electron chi connectivity index (χ2n) is 14.8. The number of nitrogens with zero attached hydrogens (tertiary/aromatic N) is 1. The number of benzene rings is 8. The summed E-state index contributed by atoms with van der Waals surface area (Å²) < 4.78 is 2.38. The van der Waals surface area contributed by atoms with E-state index in [1.54, 1.807) is 0 Å². The van der Waals surface area contributed by atoms with Gasteiger partial charge in [-0.2, -0.15) is 0 Å². The molecule has 2 aliphatic carbocycles. The number of hydrogen-bond acceptors (Lipinski definition) is 1. The van der Waals surface area contributed by atoms with Crippen LogP contribution in [0.1, 0.15) is 21.6 Å². The van der Waals surface area contributed by atoms with Crippen LogP contribution < -0.4 is 0 Å². The lowest BCUT2D eigenvalue weighted by molar-refractivity contribution is 0.811. The fourth-order valence-corrected chi connectivity index (χ4v) is 11.4. The fourth-order valence-electron chi connectivity index (χ4n) is 9.78.